The zero-order valence-electron chi connectivity index (χ0n) is 11.8. The summed E-state index contributed by atoms with van der Waals surface area (Å²) in [4.78, 5) is 21.5. The molecule has 0 saturated heterocycles. The summed E-state index contributed by atoms with van der Waals surface area (Å²) in [5.41, 5.74) is 3.35. The third kappa shape index (κ3) is 3.72. The van der Waals surface area contributed by atoms with Crippen LogP contribution in [0.15, 0.2) is 12.1 Å². The molecular weight excluding hydrogens is 284 g/mol. The van der Waals surface area contributed by atoms with E-state index in [0.29, 0.717) is 25.0 Å². The summed E-state index contributed by atoms with van der Waals surface area (Å²) in [6, 6.07) is 1.36. The number of nitrogens with one attached hydrogen (secondary N) is 1. The van der Waals surface area contributed by atoms with Crippen LogP contribution in [0.2, 0.25) is 0 Å². The molecular formula is C13H17F2N3O3. The second-order valence-electron chi connectivity index (χ2n) is 4.76. The Morgan fingerprint density at radius 1 is 1.38 bits per heavy atom. The van der Waals surface area contributed by atoms with E-state index in [4.69, 9.17) is 5.73 Å². The molecule has 0 spiro atoms. The summed E-state index contributed by atoms with van der Waals surface area (Å²) < 4.78 is 27.4. The van der Waals surface area contributed by atoms with Crippen molar-refractivity contribution in [2.24, 2.45) is 5.73 Å². The highest BCUT2D eigenvalue weighted by Crippen LogP contribution is 2.23. The standard InChI is InChI=1S/C13H17F2N3O3/c1-3-13(16,4-2)7-17-12(19)10-8(14)5-6-9(11(10)15)18(20)21/h5-6H,3-4,7,16H2,1-2H3,(H,17,19). The minimum atomic E-state index is -1.49. The summed E-state index contributed by atoms with van der Waals surface area (Å²) in [5.74, 6) is -3.72. The minimum Gasteiger partial charge on any atom is -0.350 e. The Labute approximate surface area is 120 Å². The molecule has 1 amide bonds. The predicted molar refractivity (Wildman–Crippen MR) is 72.8 cm³/mol. The van der Waals surface area contributed by atoms with Crippen molar-refractivity contribution in [2.75, 3.05) is 6.54 Å². The molecule has 0 saturated carbocycles. The van der Waals surface area contributed by atoms with Gasteiger partial charge in [0.2, 0.25) is 5.82 Å². The molecule has 1 aromatic carbocycles. The SMILES string of the molecule is CCC(N)(CC)CNC(=O)c1c(F)ccc([N+](=O)[O-])c1F. The molecule has 0 aliphatic rings. The maximum absolute atomic E-state index is 13.8. The summed E-state index contributed by atoms with van der Waals surface area (Å²) in [7, 11) is 0. The first-order valence-corrected chi connectivity index (χ1v) is 6.45. The molecule has 21 heavy (non-hydrogen) atoms. The number of hydrogen-bond donors (Lipinski definition) is 2. The van der Waals surface area contributed by atoms with Crippen LogP contribution in [0.5, 0.6) is 0 Å². The van der Waals surface area contributed by atoms with Gasteiger partial charge < -0.3 is 11.1 Å². The van der Waals surface area contributed by atoms with Crippen LogP contribution >= 0.6 is 0 Å². The van der Waals surface area contributed by atoms with Crippen LogP contribution in [0, 0.1) is 21.7 Å². The van der Waals surface area contributed by atoms with Crippen molar-refractivity contribution in [3.63, 3.8) is 0 Å². The molecule has 0 unspecified atom stereocenters. The molecule has 0 aliphatic carbocycles. The molecule has 0 bridgehead atoms. The lowest BCUT2D eigenvalue weighted by Crippen LogP contribution is -2.49. The normalized spacial score (nSPS) is 11.3. The van der Waals surface area contributed by atoms with E-state index >= 15 is 0 Å². The van der Waals surface area contributed by atoms with Crippen LogP contribution in [0.25, 0.3) is 0 Å². The van der Waals surface area contributed by atoms with E-state index < -0.39 is 39.3 Å². The summed E-state index contributed by atoms with van der Waals surface area (Å²) in [5, 5.41) is 12.9. The molecule has 0 aromatic heterocycles. The average Bonchev–Trinajstić information content (AvgIpc) is 2.44. The van der Waals surface area contributed by atoms with E-state index in [1.54, 1.807) is 0 Å². The van der Waals surface area contributed by atoms with E-state index in [-0.39, 0.29) is 6.54 Å². The number of benzene rings is 1. The molecule has 6 nitrogen and oxygen atoms in total. The molecule has 0 atom stereocenters. The molecule has 0 heterocycles. The molecule has 0 fully saturated rings. The van der Waals surface area contributed by atoms with Gasteiger partial charge in [0.1, 0.15) is 11.4 Å². The van der Waals surface area contributed by atoms with E-state index in [0.717, 1.165) is 0 Å². The summed E-state index contributed by atoms with van der Waals surface area (Å²) in [6.07, 6.45) is 1.12. The van der Waals surface area contributed by atoms with Gasteiger partial charge >= 0.3 is 5.69 Å². The molecule has 8 heteroatoms. The van der Waals surface area contributed by atoms with Crippen LogP contribution in [-0.2, 0) is 0 Å². The van der Waals surface area contributed by atoms with Crippen LogP contribution in [0.4, 0.5) is 14.5 Å². The van der Waals surface area contributed by atoms with Gasteiger partial charge in [0.25, 0.3) is 5.91 Å². The highest BCUT2D eigenvalue weighted by atomic mass is 19.1. The second kappa shape index (κ2) is 6.57. The van der Waals surface area contributed by atoms with Crippen molar-refractivity contribution in [1.82, 2.24) is 5.32 Å². The Morgan fingerprint density at radius 2 is 1.95 bits per heavy atom. The number of carbonyl (C=O) groups is 1. The number of nitrogens with zero attached hydrogens (tertiary/aromatic N) is 1. The molecule has 1 aromatic rings. The number of hydrogen-bond acceptors (Lipinski definition) is 4. The quantitative estimate of drug-likeness (QED) is 0.621. The van der Waals surface area contributed by atoms with Crippen LogP contribution in [0.1, 0.15) is 37.0 Å². The largest absolute Gasteiger partial charge is 0.350 e. The molecule has 0 radical (unpaired) electrons. The highest BCUT2D eigenvalue weighted by molar-refractivity contribution is 5.95. The van der Waals surface area contributed by atoms with E-state index in [9.17, 15) is 23.7 Å². The number of rotatable bonds is 6. The zero-order valence-corrected chi connectivity index (χ0v) is 11.8. The van der Waals surface area contributed by atoms with Crippen LogP contribution in [-0.4, -0.2) is 22.9 Å². The number of nitro groups is 1. The lowest BCUT2D eigenvalue weighted by molar-refractivity contribution is -0.387. The Morgan fingerprint density at radius 3 is 2.43 bits per heavy atom. The molecule has 3 N–H and O–H groups in total. The second-order valence-corrected chi connectivity index (χ2v) is 4.76. The Hall–Kier alpha value is -2.09. The van der Waals surface area contributed by atoms with E-state index in [2.05, 4.69) is 5.32 Å². The highest BCUT2D eigenvalue weighted by Gasteiger charge is 2.28. The first-order chi connectivity index (χ1) is 9.75. The molecule has 0 aliphatic heterocycles. The fraction of sp³-hybridized carbons (Fsp3) is 0.462. The first-order valence-electron chi connectivity index (χ1n) is 6.45. The Balaban J connectivity index is 3.03. The third-order valence-electron chi connectivity index (χ3n) is 3.50. The van der Waals surface area contributed by atoms with E-state index in [1.807, 2.05) is 13.8 Å². The van der Waals surface area contributed by atoms with Gasteiger partial charge in [-0.25, -0.2) is 4.39 Å². The molecule has 1 rings (SSSR count). The first kappa shape index (κ1) is 17.0. The van der Waals surface area contributed by atoms with Gasteiger partial charge in [-0.3, -0.25) is 14.9 Å². The van der Waals surface area contributed by atoms with Crippen molar-refractivity contribution in [3.8, 4) is 0 Å². The summed E-state index contributed by atoms with van der Waals surface area (Å²) >= 11 is 0. The Bertz CT molecular complexity index is 560. The van der Waals surface area contributed by atoms with Crippen LogP contribution in [0.3, 0.4) is 0 Å². The van der Waals surface area contributed by atoms with Crippen molar-refractivity contribution in [3.05, 3.63) is 39.4 Å². The number of halogens is 2. The van der Waals surface area contributed by atoms with Crippen molar-refractivity contribution in [2.45, 2.75) is 32.2 Å². The lowest BCUT2D eigenvalue weighted by Gasteiger charge is -2.26. The number of nitro benzene ring substituents is 1. The topological polar surface area (TPSA) is 98.3 Å². The zero-order chi connectivity index (χ0) is 16.2. The number of amides is 1. The van der Waals surface area contributed by atoms with Gasteiger partial charge in [-0.15, -0.1) is 0 Å². The Kier molecular flexibility index (Phi) is 5.31. The summed E-state index contributed by atoms with van der Waals surface area (Å²) in [6.45, 7) is 3.66. The predicted octanol–water partition coefficient (Wildman–Crippen LogP) is 2.12. The van der Waals surface area contributed by atoms with Crippen molar-refractivity contribution < 1.29 is 18.5 Å². The monoisotopic (exact) mass is 301 g/mol. The van der Waals surface area contributed by atoms with Crippen LogP contribution < -0.4 is 11.1 Å². The number of carbonyl (C=O) groups excluding carboxylic acids is 1. The third-order valence-corrected chi connectivity index (χ3v) is 3.50. The van der Waals surface area contributed by atoms with E-state index in [1.165, 1.54) is 0 Å². The van der Waals surface area contributed by atoms with Crippen molar-refractivity contribution >= 4 is 11.6 Å². The maximum Gasteiger partial charge on any atom is 0.305 e. The fourth-order valence-corrected chi connectivity index (χ4v) is 1.74. The van der Waals surface area contributed by atoms with Gasteiger partial charge in [-0.2, -0.15) is 4.39 Å². The fourth-order valence-electron chi connectivity index (χ4n) is 1.74. The smallest absolute Gasteiger partial charge is 0.305 e. The van der Waals surface area contributed by atoms with Gasteiger partial charge in [0, 0.05) is 18.2 Å². The maximum atomic E-state index is 13.8. The minimum absolute atomic E-state index is 0.0143. The van der Waals surface area contributed by atoms with Gasteiger partial charge in [0.15, 0.2) is 0 Å². The van der Waals surface area contributed by atoms with Crippen molar-refractivity contribution in [1.29, 1.82) is 0 Å². The van der Waals surface area contributed by atoms with Gasteiger partial charge in [-0.1, -0.05) is 13.8 Å². The van der Waals surface area contributed by atoms with Gasteiger partial charge in [0.05, 0.1) is 4.92 Å². The number of nitrogens with two attached hydrogens (primary N) is 1. The van der Waals surface area contributed by atoms with Gasteiger partial charge in [-0.05, 0) is 18.9 Å². The average molecular weight is 301 g/mol. The molecule has 116 valence electrons. The lowest BCUT2D eigenvalue weighted by atomic mass is 9.94.